The van der Waals surface area contributed by atoms with Crippen molar-refractivity contribution in [1.82, 2.24) is 4.98 Å². The van der Waals surface area contributed by atoms with Crippen molar-refractivity contribution >= 4 is 22.2 Å². The molecule has 4 heteroatoms. The van der Waals surface area contributed by atoms with E-state index in [4.69, 9.17) is 4.74 Å². The second-order valence-corrected chi connectivity index (χ2v) is 7.13. The molecule has 0 aliphatic heterocycles. The number of aromatic nitrogens is 1. The zero-order chi connectivity index (χ0) is 16.8. The van der Waals surface area contributed by atoms with Crippen LogP contribution in [0.2, 0.25) is 0 Å². The molecule has 126 valence electrons. The number of aliphatic hydroxyl groups is 1. The van der Waals surface area contributed by atoms with Crippen molar-refractivity contribution in [3.63, 3.8) is 0 Å². The Hall–Kier alpha value is -1.91. The maximum Gasteiger partial charge on any atom is 0.130 e. The van der Waals surface area contributed by atoms with Gasteiger partial charge in [0, 0.05) is 21.3 Å². The van der Waals surface area contributed by atoms with Gasteiger partial charge in [0.2, 0.25) is 0 Å². The Balaban J connectivity index is 1.62. The van der Waals surface area contributed by atoms with E-state index in [1.165, 1.54) is 12.8 Å². The van der Waals surface area contributed by atoms with E-state index in [9.17, 15) is 5.11 Å². The smallest absolute Gasteiger partial charge is 0.130 e. The van der Waals surface area contributed by atoms with E-state index in [1.807, 2.05) is 42.5 Å². The summed E-state index contributed by atoms with van der Waals surface area (Å²) in [6.45, 7) is 2.69. The fourth-order valence-corrected chi connectivity index (χ4v) is 3.67. The number of hydrogen-bond acceptors (Lipinski definition) is 4. The molecule has 0 saturated carbocycles. The summed E-state index contributed by atoms with van der Waals surface area (Å²) in [5.74, 6) is 0.846. The molecule has 0 aliphatic carbocycles. The number of pyridine rings is 1. The van der Waals surface area contributed by atoms with Gasteiger partial charge in [-0.05, 0) is 36.8 Å². The predicted molar refractivity (Wildman–Crippen MR) is 99.5 cm³/mol. The maximum absolute atomic E-state index is 10.2. The number of ether oxygens (including phenoxy) is 1. The number of fused-ring (bicyclic) bond motifs is 1. The van der Waals surface area contributed by atoms with E-state index in [-0.39, 0.29) is 6.10 Å². The fraction of sp³-hybridized carbons (Fsp3) is 0.350. The summed E-state index contributed by atoms with van der Waals surface area (Å²) in [4.78, 5) is 6.51. The van der Waals surface area contributed by atoms with Crippen LogP contribution in [0.25, 0.3) is 10.9 Å². The highest BCUT2D eigenvalue weighted by molar-refractivity contribution is 7.12. The third kappa shape index (κ3) is 4.13. The van der Waals surface area contributed by atoms with Gasteiger partial charge in [0.05, 0.1) is 11.6 Å². The number of benzene rings is 1. The third-order valence-corrected chi connectivity index (χ3v) is 5.23. The minimum Gasteiger partial charge on any atom is -0.487 e. The van der Waals surface area contributed by atoms with Crippen LogP contribution in [0.3, 0.4) is 0 Å². The third-order valence-electron chi connectivity index (χ3n) is 4.07. The molecular formula is C20H23NO2S. The Morgan fingerprint density at radius 1 is 1.12 bits per heavy atom. The van der Waals surface area contributed by atoms with Crippen LogP contribution < -0.4 is 4.74 Å². The molecule has 1 atom stereocenters. The van der Waals surface area contributed by atoms with E-state index in [2.05, 4.69) is 11.9 Å². The normalized spacial score (nSPS) is 12.4. The highest BCUT2D eigenvalue weighted by Gasteiger charge is 2.11. The van der Waals surface area contributed by atoms with Crippen LogP contribution in [0.5, 0.6) is 5.75 Å². The predicted octanol–water partition coefficient (Wildman–Crippen LogP) is 5.49. The monoisotopic (exact) mass is 341 g/mol. The summed E-state index contributed by atoms with van der Waals surface area (Å²) in [5.41, 5.74) is 0.938. The zero-order valence-corrected chi connectivity index (χ0v) is 14.8. The lowest BCUT2D eigenvalue weighted by molar-refractivity contribution is 0.167. The Morgan fingerprint density at radius 2 is 2.00 bits per heavy atom. The molecule has 0 spiro atoms. The van der Waals surface area contributed by atoms with Gasteiger partial charge in [0.1, 0.15) is 12.4 Å². The molecule has 2 heterocycles. The largest absolute Gasteiger partial charge is 0.487 e. The first-order valence-electron chi connectivity index (χ1n) is 8.51. The van der Waals surface area contributed by atoms with E-state index >= 15 is 0 Å². The topological polar surface area (TPSA) is 42.4 Å². The van der Waals surface area contributed by atoms with Crippen molar-refractivity contribution in [3.05, 3.63) is 58.4 Å². The number of unbranched alkanes of at least 4 members (excludes halogenated alkanes) is 2. The van der Waals surface area contributed by atoms with Gasteiger partial charge >= 0.3 is 0 Å². The standard InChI is InChI=1S/C20H23NO2S/c1-2-3-4-9-18(22)20-11-10-15(24-20)14-23-19-12-13-21-17-8-6-5-7-16(17)19/h5-8,10-13,18,22H,2-4,9,14H2,1H3. The number of aliphatic hydroxyl groups excluding tert-OH is 1. The highest BCUT2D eigenvalue weighted by Crippen LogP contribution is 2.29. The summed E-state index contributed by atoms with van der Waals surface area (Å²) < 4.78 is 5.99. The summed E-state index contributed by atoms with van der Waals surface area (Å²) in [5, 5.41) is 11.3. The van der Waals surface area contributed by atoms with Crippen LogP contribution in [-0.4, -0.2) is 10.1 Å². The molecule has 2 aromatic heterocycles. The van der Waals surface area contributed by atoms with Crippen molar-refractivity contribution in [2.45, 2.75) is 45.3 Å². The average molecular weight is 341 g/mol. The van der Waals surface area contributed by atoms with Crippen molar-refractivity contribution in [1.29, 1.82) is 0 Å². The van der Waals surface area contributed by atoms with Crippen molar-refractivity contribution < 1.29 is 9.84 Å². The zero-order valence-electron chi connectivity index (χ0n) is 13.9. The molecule has 1 unspecified atom stereocenters. The Bertz CT molecular complexity index is 779. The van der Waals surface area contributed by atoms with Crippen LogP contribution in [0.1, 0.15) is 48.5 Å². The summed E-state index contributed by atoms with van der Waals surface area (Å²) >= 11 is 1.63. The van der Waals surface area contributed by atoms with Crippen molar-refractivity contribution in [2.24, 2.45) is 0 Å². The van der Waals surface area contributed by atoms with Crippen LogP contribution >= 0.6 is 11.3 Å². The first kappa shape index (κ1) is 16.9. The first-order valence-corrected chi connectivity index (χ1v) is 9.33. The van der Waals surface area contributed by atoms with Crippen LogP contribution in [0.15, 0.2) is 48.7 Å². The second-order valence-electron chi connectivity index (χ2n) is 5.93. The van der Waals surface area contributed by atoms with Crippen LogP contribution in [0, 0.1) is 0 Å². The van der Waals surface area contributed by atoms with Gasteiger partial charge in [0.15, 0.2) is 0 Å². The molecule has 0 aliphatic rings. The maximum atomic E-state index is 10.2. The quantitative estimate of drug-likeness (QED) is 0.551. The molecule has 3 rings (SSSR count). The van der Waals surface area contributed by atoms with Gasteiger partial charge < -0.3 is 9.84 Å². The van der Waals surface area contributed by atoms with Crippen molar-refractivity contribution in [3.8, 4) is 5.75 Å². The van der Waals surface area contributed by atoms with Gasteiger partial charge in [-0.1, -0.05) is 38.3 Å². The minimum atomic E-state index is -0.350. The number of rotatable bonds is 8. The number of nitrogens with zero attached hydrogens (tertiary/aromatic N) is 1. The summed E-state index contributed by atoms with van der Waals surface area (Å²) in [6.07, 6.45) is 5.68. The summed E-state index contributed by atoms with van der Waals surface area (Å²) in [6, 6.07) is 13.9. The average Bonchev–Trinajstić information content (AvgIpc) is 3.09. The molecule has 0 fully saturated rings. The molecule has 3 aromatic rings. The Kier molecular flexibility index (Phi) is 5.83. The minimum absolute atomic E-state index is 0.350. The van der Waals surface area contributed by atoms with E-state index in [1.54, 1.807) is 17.5 Å². The van der Waals surface area contributed by atoms with Gasteiger partial charge in [-0.25, -0.2) is 0 Å². The first-order chi connectivity index (χ1) is 11.8. The fourth-order valence-electron chi connectivity index (χ4n) is 2.73. The SMILES string of the molecule is CCCCCC(O)c1ccc(COc2ccnc3ccccc23)s1. The van der Waals surface area contributed by atoms with Gasteiger partial charge in [0.25, 0.3) is 0 Å². The molecule has 0 bridgehead atoms. The Labute approximate surface area is 146 Å². The lowest BCUT2D eigenvalue weighted by Crippen LogP contribution is -1.95. The van der Waals surface area contributed by atoms with Crippen LogP contribution in [-0.2, 0) is 6.61 Å². The summed E-state index contributed by atoms with van der Waals surface area (Å²) in [7, 11) is 0. The Morgan fingerprint density at radius 3 is 2.88 bits per heavy atom. The van der Waals surface area contributed by atoms with Gasteiger partial charge in [-0.15, -0.1) is 11.3 Å². The molecule has 1 N–H and O–H groups in total. The van der Waals surface area contributed by atoms with Crippen LogP contribution in [0.4, 0.5) is 0 Å². The molecule has 3 nitrogen and oxygen atoms in total. The molecule has 1 aromatic carbocycles. The molecule has 0 saturated heterocycles. The number of hydrogen-bond donors (Lipinski definition) is 1. The number of para-hydroxylation sites is 1. The molecule has 0 amide bonds. The molecular weight excluding hydrogens is 318 g/mol. The van der Waals surface area contributed by atoms with E-state index in [0.29, 0.717) is 6.61 Å². The van der Waals surface area contributed by atoms with Gasteiger partial charge in [-0.2, -0.15) is 0 Å². The van der Waals surface area contributed by atoms with E-state index in [0.717, 1.165) is 39.2 Å². The molecule has 24 heavy (non-hydrogen) atoms. The second kappa shape index (κ2) is 8.27. The number of thiophene rings is 1. The van der Waals surface area contributed by atoms with Crippen molar-refractivity contribution in [2.75, 3.05) is 0 Å². The lowest BCUT2D eigenvalue weighted by Gasteiger charge is -2.08. The van der Waals surface area contributed by atoms with E-state index < -0.39 is 0 Å². The molecule has 0 radical (unpaired) electrons. The lowest BCUT2D eigenvalue weighted by atomic mass is 10.1. The highest BCUT2D eigenvalue weighted by atomic mass is 32.1. The van der Waals surface area contributed by atoms with Gasteiger partial charge in [-0.3, -0.25) is 4.98 Å².